The Kier molecular flexibility index (Phi) is 3.85. The minimum atomic E-state index is -0.762. The molecule has 0 aliphatic carbocycles. The minimum Gasteiger partial charge on any atom is -0.436 e. The fourth-order valence-electron chi connectivity index (χ4n) is 2.03. The van der Waals surface area contributed by atoms with Crippen LogP contribution in [0.4, 0.5) is 5.69 Å². The third-order valence-corrected chi connectivity index (χ3v) is 3.18. The van der Waals surface area contributed by atoms with Crippen LogP contribution in [0.2, 0.25) is 0 Å². The normalized spacial score (nSPS) is 12.5. The number of fused-ring (bicyclic) bond motifs is 1. The Morgan fingerprint density at radius 2 is 1.86 bits per heavy atom. The third kappa shape index (κ3) is 3.04. The van der Waals surface area contributed by atoms with Crippen molar-refractivity contribution in [2.45, 2.75) is 6.10 Å². The van der Waals surface area contributed by atoms with Crippen LogP contribution in [-0.2, 0) is 0 Å². The second-order valence-electron chi connectivity index (χ2n) is 4.78. The molecule has 0 spiro atoms. The van der Waals surface area contributed by atoms with E-state index in [9.17, 15) is 5.11 Å². The lowest BCUT2D eigenvalue weighted by atomic mass is 10.2. The summed E-state index contributed by atoms with van der Waals surface area (Å²) in [6.07, 6.45) is -0.762. The van der Waals surface area contributed by atoms with Gasteiger partial charge in [0.05, 0.1) is 12.7 Å². The average molecular weight is 284 g/mol. The van der Waals surface area contributed by atoms with Gasteiger partial charge in [0.1, 0.15) is 5.52 Å². The van der Waals surface area contributed by atoms with Crippen LogP contribution in [0.5, 0.6) is 0 Å². The van der Waals surface area contributed by atoms with Crippen molar-refractivity contribution in [3.05, 3.63) is 48.5 Å². The van der Waals surface area contributed by atoms with E-state index in [0.29, 0.717) is 12.4 Å². The maximum absolute atomic E-state index is 9.29. The lowest BCUT2D eigenvalue weighted by Gasteiger charge is -2.10. The molecule has 0 aliphatic heterocycles. The van der Waals surface area contributed by atoms with Crippen LogP contribution in [0.1, 0.15) is 0 Å². The molecule has 0 saturated carbocycles. The number of para-hydroxylation sites is 2. The van der Waals surface area contributed by atoms with Gasteiger partial charge in [0, 0.05) is 17.8 Å². The van der Waals surface area contributed by atoms with Crippen LogP contribution >= 0.6 is 0 Å². The standard InChI is InChI=1S/C16H16N2O3/c19-10-13(20)9-17-12-7-5-11(6-8-12)16-18-14-3-1-2-4-15(14)21-16/h1-8,13,17,19-20H,9-10H2. The quantitative estimate of drug-likeness (QED) is 0.670. The molecular formula is C16H16N2O3. The number of rotatable bonds is 5. The van der Waals surface area contributed by atoms with Crippen molar-refractivity contribution in [1.29, 1.82) is 0 Å². The summed E-state index contributed by atoms with van der Waals surface area (Å²) in [6.45, 7) is 0.0483. The molecular weight excluding hydrogens is 268 g/mol. The van der Waals surface area contributed by atoms with E-state index in [-0.39, 0.29) is 6.61 Å². The Hall–Kier alpha value is -2.37. The van der Waals surface area contributed by atoms with E-state index in [1.165, 1.54) is 0 Å². The van der Waals surface area contributed by atoms with Gasteiger partial charge in [-0.3, -0.25) is 0 Å². The summed E-state index contributed by atoms with van der Waals surface area (Å²) in [7, 11) is 0. The molecule has 2 aromatic carbocycles. The highest BCUT2D eigenvalue weighted by molar-refractivity contribution is 5.76. The van der Waals surface area contributed by atoms with E-state index >= 15 is 0 Å². The number of nitrogens with zero attached hydrogens (tertiary/aromatic N) is 1. The Morgan fingerprint density at radius 3 is 2.57 bits per heavy atom. The third-order valence-electron chi connectivity index (χ3n) is 3.18. The molecule has 0 radical (unpaired) electrons. The molecule has 0 bridgehead atoms. The lowest BCUT2D eigenvalue weighted by molar-refractivity contribution is 0.105. The van der Waals surface area contributed by atoms with Crippen LogP contribution < -0.4 is 5.32 Å². The second-order valence-corrected chi connectivity index (χ2v) is 4.78. The number of aliphatic hydroxyl groups excluding tert-OH is 2. The molecule has 21 heavy (non-hydrogen) atoms. The van der Waals surface area contributed by atoms with E-state index in [1.807, 2.05) is 48.5 Å². The Bertz CT molecular complexity index is 689. The van der Waals surface area contributed by atoms with Gasteiger partial charge in [0.2, 0.25) is 5.89 Å². The number of hydrogen-bond acceptors (Lipinski definition) is 5. The van der Waals surface area contributed by atoms with Gasteiger partial charge < -0.3 is 19.9 Å². The number of oxazole rings is 1. The maximum Gasteiger partial charge on any atom is 0.227 e. The van der Waals surface area contributed by atoms with Gasteiger partial charge in [-0.05, 0) is 36.4 Å². The smallest absolute Gasteiger partial charge is 0.227 e. The summed E-state index contributed by atoms with van der Waals surface area (Å²) in [5, 5.41) is 21.1. The zero-order valence-electron chi connectivity index (χ0n) is 11.4. The molecule has 1 unspecified atom stereocenters. The van der Waals surface area contributed by atoms with Crippen LogP contribution in [0.3, 0.4) is 0 Å². The summed E-state index contributed by atoms with van der Waals surface area (Å²) in [6, 6.07) is 15.2. The van der Waals surface area contributed by atoms with Gasteiger partial charge in [-0.2, -0.15) is 0 Å². The van der Waals surface area contributed by atoms with E-state index < -0.39 is 6.10 Å². The molecule has 108 valence electrons. The van der Waals surface area contributed by atoms with Gasteiger partial charge in [0.25, 0.3) is 0 Å². The average Bonchev–Trinajstić information content (AvgIpc) is 2.97. The molecule has 5 heteroatoms. The SMILES string of the molecule is OCC(O)CNc1ccc(-c2nc3ccccc3o2)cc1. The molecule has 0 fully saturated rings. The highest BCUT2D eigenvalue weighted by Crippen LogP contribution is 2.25. The second kappa shape index (κ2) is 5.95. The molecule has 3 N–H and O–H groups in total. The van der Waals surface area contributed by atoms with Crippen molar-refractivity contribution in [1.82, 2.24) is 4.98 Å². The highest BCUT2D eigenvalue weighted by atomic mass is 16.3. The zero-order chi connectivity index (χ0) is 14.7. The number of aliphatic hydroxyl groups is 2. The maximum atomic E-state index is 9.29. The molecule has 1 atom stereocenters. The minimum absolute atomic E-state index is 0.256. The first-order valence-electron chi connectivity index (χ1n) is 6.75. The Morgan fingerprint density at radius 1 is 1.10 bits per heavy atom. The van der Waals surface area contributed by atoms with Gasteiger partial charge in [0.15, 0.2) is 5.58 Å². The first-order valence-corrected chi connectivity index (χ1v) is 6.75. The topological polar surface area (TPSA) is 78.5 Å². The number of aromatic nitrogens is 1. The van der Waals surface area contributed by atoms with E-state index in [1.54, 1.807) is 0 Å². The Balaban J connectivity index is 1.77. The van der Waals surface area contributed by atoms with E-state index in [4.69, 9.17) is 9.52 Å². The number of benzene rings is 2. The van der Waals surface area contributed by atoms with Gasteiger partial charge in [-0.1, -0.05) is 12.1 Å². The van der Waals surface area contributed by atoms with Crippen molar-refractivity contribution in [3.8, 4) is 11.5 Å². The molecule has 0 aliphatic rings. The van der Waals surface area contributed by atoms with Crippen molar-refractivity contribution in [2.75, 3.05) is 18.5 Å². The summed E-state index contributed by atoms with van der Waals surface area (Å²) in [5.74, 6) is 0.582. The summed E-state index contributed by atoms with van der Waals surface area (Å²) in [5.41, 5.74) is 3.35. The molecule has 0 saturated heterocycles. The van der Waals surface area contributed by atoms with Crippen LogP contribution in [0.25, 0.3) is 22.6 Å². The Labute approximate surface area is 121 Å². The summed E-state index contributed by atoms with van der Waals surface area (Å²) >= 11 is 0. The van der Waals surface area contributed by atoms with Gasteiger partial charge in [-0.25, -0.2) is 4.98 Å². The fraction of sp³-hybridized carbons (Fsp3) is 0.188. The molecule has 1 aromatic heterocycles. The van der Waals surface area contributed by atoms with Crippen LogP contribution in [0.15, 0.2) is 52.9 Å². The fourth-order valence-corrected chi connectivity index (χ4v) is 2.03. The number of hydrogen-bond donors (Lipinski definition) is 3. The molecule has 3 rings (SSSR count). The van der Waals surface area contributed by atoms with Crippen LogP contribution in [-0.4, -0.2) is 34.5 Å². The lowest BCUT2D eigenvalue weighted by Crippen LogP contribution is -2.22. The van der Waals surface area contributed by atoms with Crippen LogP contribution in [0, 0.1) is 0 Å². The monoisotopic (exact) mass is 284 g/mol. The summed E-state index contributed by atoms with van der Waals surface area (Å²) in [4.78, 5) is 4.44. The predicted molar refractivity (Wildman–Crippen MR) is 81.0 cm³/mol. The molecule has 5 nitrogen and oxygen atoms in total. The highest BCUT2D eigenvalue weighted by Gasteiger charge is 2.07. The van der Waals surface area contributed by atoms with Crippen molar-refractivity contribution in [2.24, 2.45) is 0 Å². The molecule has 3 aromatic rings. The predicted octanol–water partition coefficient (Wildman–Crippen LogP) is 2.26. The zero-order valence-corrected chi connectivity index (χ0v) is 11.4. The number of anilines is 1. The largest absolute Gasteiger partial charge is 0.436 e. The number of nitrogens with one attached hydrogen (secondary N) is 1. The van der Waals surface area contributed by atoms with Crippen molar-refractivity contribution in [3.63, 3.8) is 0 Å². The van der Waals surface area contributed by atoms with Gasteiger partial charge >= 0.3 is 0 Å². The van der Waals surface area contributed by atoms with Crippen molar-refractivity contribution < 1.29 is 14.6 Å². The first-order chi connectivity index (χ1) is 10.3. The van der Waals surface area contributed by atoms with E-state index in [0.717, 1.165) is 22.4 Å². The summed E-state index contributed by atoms with van der Waals surface area (Å²) < 4.78 is 5.70. The van der Waals surface area contributed by atoms with Gasteiger partial charge in [-0.15, -0.1) is 0 Å². The van der Waals surface area contributed by atoms with E-state index in [2.05, 4.69) is 10.3 Å². The van der Waals surface area contributed by atoms with Crippen molar-refractivity contribution >= 4 is 16.8 Å². The first kappa shape index (κ1) is 13.6. The molecule has 1 heterocycles. The molecule has 0 amide bonds.